The third-order valence-electron chi connectivity index (χ3n) is 2.96. The Labute approximate surface area is 100 Å². The molecular weight excluding hydrogens is 218 g/mol. The number of hydrogen-bond donors (Lipinski definition) is 2. The summed E-state index contributed by atoms with van der Waals surface area (Å²) in [5.41, 5.74) is 7.43. The van der Waals surface area contributed by atoms with E-state index >= 15 is 0 Å². The van der Waals surface area contributed by atoms with Crippen LogP contribution in [0.25, 0.3) is 0 Å². The highest BCUT2D eigenvalue weighted by Gasteiger charge is 2.22. The van der Waals surface area contributed by atoms with Crippen molar-refractivity contribution in [2.75, 3.05) is 24.7 Å². The molecule has 0 bridgehead atoms. The van der Waals surface area contributed by atoms with E-state index in [2.05, 4.69) is 17.0 Å². The topological polar surface area (TPSA) is 71.1 Å². The van der Waals surface area contributed by atoms with Gasteiger partial charge in [0.15, 0.2) is 5.84 Å². The largest absolute Gasteiger partial charge is 0.409 e. The first-order chi connectivity index (χ1) is 8.24. The van der Waals surface area contributed by atoms with Crippen LogP contribution in [-0.2, 0) is 4.74 Å². The molecule has 0 aliphatic carbocycles. The summed E-state index contributed by atoms with van der Waals surface area (Å²) < 4.78 is 5.41. The van der Waals surface area contributed by atoms with Crippen LogP contribution in [0, 0.1) is 0 Å². The van der Waals surface area contributed by atoms with Crippen LogP contribution in [0.2, 0.25) is 0 Å². The van der Waals surface area contributed by atoms with Gasteiger partial charge < -0.3 is 20.6 Å². The summed E-state index contributed by atoms with van der Waals surface area (Å²) in [5.74, 6) is 0.138. The van der Waals surface area contributed by atoms with Crippen molar-refractivity contribution < 1.29 is 9.94 Å². The van der Waals surface area contributed by atoms with E-state index in [1.165, 1.54) is 0 Å². The minimum atomic E-state index is 0.138. The summed E-state index contributed by atoms with van der Waals surface area (Å²) in [5, 5.41) is 11.9. The lowest BCUT2D eigenvalue weighted by Crippen LogP contribution is -2.44. The zero-order valence-electron chi connectivity index (χ0n) is 9.84. The summed E-state index contributed by atoms with van der Waals surface area (Å²) in [4.78, 5) is 2.22. The molecule has 1 unspecified atom stereocenters. The van der Waals surface area contributed by atoms with Gasteiger partial charge in [-0.05, 0) is 19.1 Å². The lowest BCUT2D eigenvalue weighted by molar-refractivity contribution is 0.0989. The van der Waals surface area contributed by atoms with Crippen LogP contribution in [0.1, 0.15) is 12.5 Å². The first-order valence-electron chi connectivity index (χ1n) is 5.65. The molecular formula is C12H17N3O2. The minimum absolute atomic E-state index is 0.138. The molecule has 1 aliphatic heterocycles. The quantitative estimate of drug-likeness (QED) is 0.347. The fraction of sp³-hybridized carbons (Fsp3) is 0.417. The maximum atomic E-state index is 8.80. The Balaban J connectivity index is 2.37. The summed E-state index contributed by atoms with van der Waals surface area (Å²) >= 11 is 0. The van der Waals surface area contributed by atoms with Gasteiger partial charge in [-0.1, -0.05) is 17.3 Å². The van der Waals surface area contributed by atoms with Gasteiger partial charge in [-0.25, -0.2) is 0 Å². The van der Waals surface area contributed by atoms with E-state index in [0.717, 1.165) is 17.8 Å². The van der Waals surface area contributed by atoms with Gasteiger partial charge in [0.2, 0.25) is 0 Å². The molecule has 92 valence electrons. The predicted octanol–water partition coefficient (Wildman–Crippen LogP) is 1.01. The number of ether oxygens (including phenoxy) is 1. The van der Waals surface area contributed by atoms with E-state index in [1.54, 1.807) is 0 Å². The number of oxime groups is 1. The first-order valence-corrected chi connectivity index (χ1v) is 5.65. The molecule has 17 heavy (non-hydrogen) atoms. The predicted molar refractivity (Wildman–Crippen MR) is 66.6 cm³/mol. The Morgan fingerprint density at radius 1 is 1.53 bits per heavy atom. The maximum Gasteiger partial charge on any atom is 0.172 e. The Morgan fingerprint density at radius 3 is 3.00 bits per heavy atom. The number of nitrogens with zero attached hydrogens (tertiary/aromatic N) is 2. The van der Waals surface area contributed by atoms with Crippen LogP contribution in [-0.4, -0.2) is 36.8 Å². The molecule has 5 nitrogen and oxygen atoms in total. The lowest BCUT2D eigenvalue weighted by Gasteiger charge is -2.36. The molecule has 3 N–H and O–H groups in total. The summed E-state index contributed by atoms with van der Waals surface area (Å²) in [6.45, 7) is 4.32. The SMILES string of the molecule is CC1COCCN1c1ccccc1/C(N)=N/O. The van der Waals surface area contributed by atoms with Gasteiger partial charge in [-0.3, -0.25) is 0 Å². The van der Waals surface area contributed by atoms with Crippen molar-refractivity contribution in [3.05, 3.63) is 29.8 Å². The van der Waals surface area contributed by atoms with E-state index in [0.29, 0.717) is 13.2 Å². The van der Waals surface area contributed by atoms with Crippen molar-refractivity contribution in [1.29, 1.82) is 0 Å². The average Bonchev–Trinajstić information content (AvgIpc) is 2.38. The third kappa shape index (κ3) is 2.34. The molecule has 0 spiro atoms. The standard InChI is InChI=1S/C12H17N3O2/c1-9-8-17-7-6-15(9)11-5-3-2-4-10(11)12(13)14-16/h2-5,9,16H,6-8H2,1H3,(H2,13,14). The number of morpholine rings is 1. The van der Waals surface area contributed by atoms with Gasteiger partial charge in [0, 0.05) is 23.8 Å². The molecule has 1 saturated heterocycles. The highest BCUT2D eigenvalue weighted by molar-refractivity contribution is 6.02. The zero-order chi connectivity index (χ0) is 12.3. The minimum Gasteiger partial charge on any atom is -0.409 e. The Hall–Kier alpha value is -1.75. The number of anilines is 1. The van der Waals surface area contributed by atoms with Gasteiger partial charge in [-0.15, -0.1) is 0 Å². The van der Waals surface area contributed by atoms with Gasteiger partial charge in [0.05, 0.1) is 13.2 Å². The van der Waals surface area contributed by atoms with Gasteiger partial charge >= 0.3 is 0 Å². The van der Waals surface area contributed by atoms with E-state index in [9.17, 15) is 0 Å². The zero-order valence-corrected chi connectivity index (χ0v) is 9.84. The molecule has 2 rings (SSSR count). The molecule has 1 aromatic carbocycles. The van der Waals surface area contributed by atoms with E-state index < -0.39 is 0 Å². The van der Waals surface area contributed by atoms with E-state index in [4.69, 9.17) is 15.7 Å². The van der Waals surface area contributed by atoms with Crippen LogP contribution in [0.4, 0.5) is 5.69 Å². The number of nitrogens with two attached hydrogens (primary N) is 1. The number of para-hydroxylation sites is 1. The van der Waals surface area contributed by atoms with Gasteiger partial charge in [0.25, 0.3) is 0 Å². The molecule has 0 amide bonds. The maximum absolute atomic E-state index is 8.80. The van der Waals surface area contributed by atoms with Gasteiger partial charge in [0.1, 0.15) is 0 Å². The van der Waals surface area contributed by atoms with Crippen LogP contribution < -0.4 is 10.6 Å². The number of rotatable bonds is 2. The first kappa shape index (κ1) is 11.7. The second-order valence-electron chi connectivity index (χ2n) is 4.12. The smallest absolute Gasteiger partial charge is 0.172 e. The molecule has 1 atom stereocenters. The number of benzene rings is 1. The van der Waals surface area contributed by atoms with Crippen LogP contribution in [0.3, 0.4) is 0 Å². The summed E-state index contributed by atoms with van der Waals surface area (Å²) in [6.07, 6.45) is 0. The highest BCUT2D eigenvalue weighted by atomic mass is 16.5. The monoisotopic (exact) mass is 235 g/mol. The Morgan fingerprint density at radius 2 is 2.29 bits per heavy atom. The normalized spacial score (nSPS) is 21.6. The van der Waals surface area contributed by atoms with E-state index in [-0.39, 0.29) is 11.9 Å². The molecule has 1 heterocycles. The third-order valence-corrected chi connectivity index (χ3v) is 2.96. The summed E-state index contributed by atoms with van der Waals surface area (Å²) in [6, 6.07) is 7.95. The molecule has 0 aromatic heterocycles. The molecule has 0 radical (unpaired) electrons. The number of amidine groups is 1. The van der Waals surface area contributed by atoms with Crippen LogP contribution in [0.15, 0.2) is 29.4 Å². The second-order valence-corrected chi connectivity index (χ2v) is 4.12. The van der Waals surface area contributed by atoms with E-state index in [1.807, 2.05) is 24.3 Å². The van der Waals surface area contributed by atoms with Gasteiger partial charge in [-0.2, -0.15) is 0 Å². The van der Waals surface area contributed by atoms with Crippen molar-refractivity contribution in [3.63, 3.8) is 0 Å². The molecule has 1 aliphatic rings. The average molecular weight is 235 g/mol. The molecule has 0 saturated carbocycles. The van der Waals surface area contributed by atoms with Crippen LogP contribution >= 0.6 is 0 Å². The summed E-state index contributed by atoms with van der Waals surface area (Å²) in [7, 11) is 0. The van der Waals surface area contributed by atoms with Crippen LogP contribution in [0.5, 0.6) is 0 Å². The fourth-order valence-electron chi connectivity index (χ4n) is 2.08. The fourth-order valence-corrected chi connectivity index (χ4v) is 2.08. The van der Waals surface area contributed by atoms with Crippen molar-refractivity contribution in [1.82, 2.24) is 0 Å². The molecule has 1 fully saturated rings. The van der Waals surface area contributed by atoms with Crippen molar-refractivity contribution >= 4 is 11.5 Å². The Kier molecular flexibility index (Phi) is 3.49. The number of hydrogen-bond acceptors (Lipinski definition) is 4. The highest BCUT2D eigenvalue weighted by Crippen LogP contribution is 2.23. The lowest BCUT2D eigenvalue weighted by atomic mass is 10.1. The van der Waals surface area contributed by atoms with Crippen molar-refractivity contribution in [2.45, 2.75) is 13.0 Å². The Bertz CT molecular complexity index is 420. The molecule has 1 aromatic rings. The van der Waals surface area contributed by atoms with Crippen molar-refractivity contribution in [3.8, 4) is 0 Å². The molecule has 5 heteroatoms. The van der Waals surface area contributed by atoms with Crippen molar-refractivity contribution in [2.24, 2.45) is 10.9 Å². The second kappa shape index (κ2) is 5.05.